The molecule has 1 aliphatic rings. The van der Waals surface area contributed by atoms with Crippen molar-refractivity contribution in [2.24, 2.45) is 0 Å². The number of nitrogens with one attached hydrogen (secondary N) is 2. The number of thiophene rings is 1. The molecular formula is C21H24N2O3S2. The molecule has 2 N–H and O–H groups in total. The van der Waals surface area contributed by atoms with Gasteiger partial charge in [0.2, 0.25) is 0 Å². The van der Waals surface area contributed by atoms with Gasteiger partial charge in [0.1, 0.15) is 5.00 Å². The molecule has 7 heteroatoms. The van der Waals surface area contributed by atoms with Crippen LogP contribution in [-0.2, 0) is 17.6 Å². The summed E-state index contributed by atoms with van der Waals surface area (Å²) in [6, 6.07) is 7.12. The Bertz CT molecular complexity index is 888. The van der Waals surface area contributed by atoms with Gasteiger partial charge in [0, 0.05) is 16.1 Å². The molecule has 1 aromatic carbocycles. The maximum atomic E-state index is 12.6. The van der Waals surface area contributed by atoms with E-state index < -0.39 is 0 Å². The van der Waals surface area contributed by atoms with Crippen molar-refractivity contribution in [1.29, 1.82) is 0 Å². The highest BCUT2D eigenvalue weighted by Crippen LogP contribution is 2.38. The summed E-state index contributed by atoms with van der Waals surface area (Å²) in [7, 11) is 0. The van der Waals surface area contributed by atoms with Gasteiger partial charge < -0.3 is 15.4 Å². The van der Waals surface area contributed by atoms with E-state index >= 15 is 0 Å². The highest BCUT2D eigenvalue weighted by atomic mass is 32.1. The number of esters is 1. The molecule has 0 saturated carbocycles. The second-order valence-electron chi connectivity index (χ2n) is 6.70. The van der Waals surface area contributed by atoms with Crippen LogP contribution in [0.1, 0.15) is 64.3 Å². The monoisotopic (exact) mass is 416 g/mol. The summed E-state index contributed by atoms with van der Waals surface area (Å²) in [6.07, 6.45) is 5.29. The fourth-order valence-corrected chi connectivity index (χ4v) is 4.87. The Balaban J connectivity index is 1.79. The smallest absolute Gasteiger partial charge is 0.341 e. The first-order chi connectivity index (χ1) is 13.5. The summed E-state index contributed by atoms with van der Waals surface area (Å²) in [5.74, 6) is -0.274. The van der Waals surface area contributed by atoms with E-state index in [-0.39, 0.29) is 11.8 Å². The zero-order valence-corrected chi connectivity index (χ0v) is 17.7. The number of anilines is 2. The van der Waals surface area contributed by atoms with Crippen LogP contribution in [0.15, 0.2) is 24.3 Å². The van der Waals surface area contributed by atoms with E-state index in [0.29, 0.717) is 22.8 Å². The molecule has 0 saturated heterocycles. The lowest BCUT2D eigenvalue weighted by molar-refractivity contribution is 0.0526. The Labute approximate surface area is 174 Å². The average Bonchev–Trinajstić information content (AvgIpc) is 2.82. The summed E-state index contributed by atoms with van der Waals surface area (Å²) < 4.78 is 5.30. The third-order valence-corrected chi connectivity index (χ3v) is 6.09. The Hall–Kier alpha value is -2.25. The van der Waals surface area contributed by atoms with E-state index in [2.05, 4.69) is 10.6 Å². The van der Waals surface area contributed by atoms with Crippen molar-refractivity contribution in [1.82, 2.24) is 0 Å². The number of ketones is 1. The molecule has 1 aliphatic carbocycles. The molecular weight excluding hydrogens is 392 g/mol. The van der Waals surface area contributed by atoms with Gasteiger partial charge in [0.15, 0.2) is 10.9 Å². The number of carbonyl (C=O) groups is 2. The number of ether oxygens (including phenoxy) is 1. The molecule has 0 atom stereocenters. The van der Waals surface area contributed by atoms with Gasteiger partial charge in [-0.05, 0) is 81.6 Å². The first kappa shape index (κ1) is 20.5. The zero-order valence-electron chi connectivity index (χ0n) is 16.1. The van der Waals surface area contributed by atoms with Gasteiger partial charge in [-0.25, -0.2) is 4.79 Å². The number of thiocarbonyl (C=S) groups is 1. The van der Waals surface area contributed by atoms with Gasteiger partial charge in [0.25, 0.3) is 0 Å². The maximum Gasteiger partial charge on any atom is 0.341 e. The highest BCUT2D eigenvalue weighted by molar-refractivity contribution is 7.80. The molecule has 0 aliphatic heterocycles. The third-order valence-electron chi connectivity index (χ3n) is 4.68. The second-order valence-corrected chi connectivity index (χ2v) is 8.22. The van der Waals surface area contributed by atoms with Gasteiger partial charge in [-0.15, -0.1) is 11.3 Å². The largest absolute Gasteiger partial charge is 0.462 e. The van der Waals surface area contributed by atoms with Crippen molar-refractivity contribution in [2.75, 3.05) is 17.2 Å². The van der Waals surface area contributed by atoms with Crippen LogP contribution in [0.2, 0.25) is 0 Å². The predicted octanol–water partition coefficient (Wildman–Crippen LogP) is 5.21. The van der Waals surface area contributed by atoms with Crippen LogP contribution in [-0.4, -0.2) is 23.5 Å². The molecule has 1 heterocycles. The molecule has 1 aromatic heterocycles. The molecule has 0 fully saturated rings. The number of fused-ring (bicyclic) bond motifs is 1. The Kier molecular flexibility index (Phi) is 6.80. The van der Waals surface area contributed by atoms with Crippen LogP contribution in [0.3, 0.4) is 0 Å². The first-order valence-electron chi connectivity index (χ1n) is 9.50. The number of aryl methyl sites for hydroxylation is 1. The first-order valence-corrected chi connectivity index (χ1v) is 10.7. The minimum Gasteiger partial charge on any atom is -0.462 e. The Morgan fingerprint density at radius 3 is 2.50 bits per heavy atom. The molecule has 2 aromatic rings. The minimum absolute atomic E-state index is 0.0198. The normalized spacial score (nSPS) is 13.2. The molecule has 3 rings (SSSR count). The number of hydrogen-bond donors (Lipinski definition) is 2. The van der Waals surface area contributed by atoms with E-state index in [1.165, 1.54) is 18.2 Å². The summed E-state index contributed by atoms with van der Waals surface area (Å²) in [5, 5.41) is 7.43. The van der Waals surface area contributed by atoms with Gasteiger partial charge >= 0.3 is 5.97 Å². The van der Waals surface area contributed by atoms with Gasteiger partial charge in [-0.3, -0.25) is 4.79 Å². The fraction of sp³-hybridized carbons (Fsp3) is 0.381. The standard InChI is InChI=1S/C21H24N2O3S2/c1-3-26-20(25)18-16-7-5-4-6-8-17(16)28-19(18)23-21(27)22-15-11-9-14(10-12-15)13(2)24/h9-12H,3-8H2,1-2H3,(H2,22,23,27). The maximum absolute atomic E-state index is 12.6. The fourth-order valence-electron chi connectivity index (χ4n) is 3.30. The van der Waals surface area contributed by atoms with Crippen LogP contribution < -0.4 is 10.6 Å². The Morgan fingerprint density at radius 1 is 1.11 bits per heavy atom. The van der Waals surface area contributed by atoms with E-state index in [4.69, 9.17) is 17.0 Å². The summed E-state index contributed by atoms with van der Waals surface area (Å²) in [4.78, 5) is 25.2. The number of Topliss-reactive ketones (excluding diaryl/α,β-unsaturated/α-hetero) is 1. The van der Waals surface area contributed by atoms with Crippen molar-refractivity contribution >= 4 is 51.1 Å². The molecule has 5 nitrogen and oxygen atoms in total. The minimum atomic E-state index is -0.294. The van der Waals surface area contributed by atoms with Crippen molar-refractivity contribution in [3.63, 3.8) is 0 Å². The van der Waals surface area contributed by atoms with E-state index in [0.717, 1.165) is 41.9 Å². The SMILES string of the molecule is CCOC(=O)c1c(NC(=S)Nc2ccc(C(C)=O)cc2)sc2c1CCCCC2. The topological polar surface area (TPSA) is 67.4 Å². The van der Waals surface area contributed by atoms with Crippen LogP contribution in [0.5, 0.6) is 0 Å². The molecule has 0 spiro atoms. The van der Waals surface area contributed by atoms with E-state index in [9.17, 15) is 9.59 Å². The molecule has 0 radical (unpaired) electrons. The van der Waals surface area contributed by atoms with Crippen LogP contribution in [0.4, 0.5) is 10.7 Å². The summed E-state index contributed by atoms with van der Waals surface area (Å²) in [5.41, 5.74) is 3.16. The molecule has 148 valence electrons. The molecule has 0 amide bonds. The van der Waals surface area contributed by atoms with Crippen LogP contribution in [0.25, 0.3) is 0 Å². The van der Waals surface area contributed by atoms with Gasteiger partial charge in [-0.1, -0.05) is 6.42 Å². The predicted molar refractivity (Wildman–Crippen MR) is 118 cm³/mol. The number of benzene rings is 1. The molecule has 28 heavy (non-hydrogen) atoms. The van der Waals surface area contributed by atoms with Crippen molar-refractivity contribution < 1.29 is 14.3 Å². The highest BCUT2D eigenvalue weighted by Gasteiger charge is 2.26. The number of carbonyl (C=O) groups excluding carboxylic acids is 2. The average molecular weight is 417 g/mol. The van der Waals surface area contributed by atoms with Crippen LogP contribution in [0, 0.1) is 0 Å². The summed E-state index contributed by atoms with van der Waals surface area (Å²) >= 11 is 7.04. The molecule has 0 bridgehead atoms. The second kappa shape index (κ2) is 9.30. The lowest BCUT2D eigenvalue weighted by Crippen LogP contribution is -2.20. The number of hydrogen-bond acceptors (Lipinski definition) is 5. The van der Waals surface area contributed by atoms with Crippen molar-refractivity contribution in [3.05, 3.63) is 45.8 Å². The Morgan fingerprint density at radius 2 is 1.82 bits per heavy atom. The quantitative estimate of drug-likeness (QED) is 0.302. The van der Waals surface area contributed by atoms with Gasteiger partial charge in [-0.2, -0.15) is 0 Å². The van der Waals surface area contributed by atoms with Crippen LogP contribution >= 0.6 is 23.6 Å². The number of rotatable bonds is 5. The lowest BCUT2D eigenvalue weighted by Gasteiger charge is -2.12. The third kappa shape index (κ3) is 4.77. The van der Waals surface area contributed by atoms with Crippen molar-refractivity contribution in [3.8, 4) is 0 Å². The summed E-state index contributed by atoms with van der Waals surface area (Å²) in [6.45, 7) is 3.69. The molecule has 0 unspecified atom stereocenters. The zero-order chi connectivity index (χ0) is 20.1. The van der Waals surface area contributed by atoms with Crippen molar-refractivity contribution in [2.45, 2.75) is 46.0 Å². The van der Waals surface area contributed by atoms with E-state index in [1.807, 2.05) is 6.92 Å². The van der Waals surface area contributed by atoms with Gasteiger partial charge in [0.05, 0.1) is 12.2 Å². The van der Waals surface area contributed by atoms with E-state index in [1.54, 1.807) is 35.6 Å². The lowest BCUT2D eigenvalue weighted by atomic mass is 10.1.